The van der Waals surface area contributed by atoms with E-state index in [1.807, 2.05) is 17.8 Å². The van der Waals surface area contributed by atoms with Crippen LogP contribution < -0.4 is 0 Å². The van der Waals surface area contributed by atoms with Gasteiger partial charge in [0.2, 0.25) is 0 Å². The van der Waals surface area contributed by atoms with Crippen LogP contribution in [0.3, 0.4) is 0 Å². The van der Waals surface area contributed by atoms with E-state index in [4.69, 9.17) is 5.11 Å². The number of aryl methyl sites for hydroxylation is 2. The zero-order valence-corrected chi connectivity index (χ0v) is 13.4. The van der Waals surface area contributed by atoms with Crippen molar-refractivity contribution in [3.05, 3.63) is 29.6 Å². The molecule has 5 heteroatoms. The van der Waals surface area contributed by atoms with Gasteiger partial charge in [-0.2, -0.15) is 11.8 Å². The van der Waals surface area contributed by atoms with E-state index in [0.29, 0.717) is 5.56 Å². The Hall–Kier alpha value is -1.49. The number of hydrogen-bond donors (Lipinski definition) is 1. The second kappa shape index (κ2) is 7.50. The van der Waals surface area contributed by atoms with Gasteiger partial charge in [-0.1, -0.05) is 6.92 Å². The van der Waals surface area contributed by atoms with E-state index in [2.05, 4.69) is 22.7 Å². The molecule has 0 aliphatic rings. The van der Waals surface area contributed by atoms with Crippen molar-refractivity contribution in [3.8, 4) is 0 Å². The minimum Gasteiger partial charge on any atom is -0.478 e. The second-order valence-electron chi connectivity index (χ2n) is 5.14. The highest BCUT2D eigenvalue weighted by molar-refractivity contribution is 7.98. The molecule has 0 saturated carbocycles. The molecule has 2 rings (SSSR count). The van der Waals surface area contributed by atoms with Gasteiger partial charge in [0.15, 0.2) is 0 Å². The minimum atomic E-state index is -0.885. The fourth-order valence-corrected chi connectivity index (χ4v) is 2.98. The van der Waals surface area contributed by atoms with Crippen molar-refractivity contribution >= 4 is 28.8 Å². The third-order valence-corrected chi connectivity index (χ3v) is 4.22. The lowest BCUT2D eigenvalue weighted by Gasteiger charge is -2.08. The van der Waals surface area contributed by atoms with Crippen LogP contribution in [0.4, 0.5) is 0 Å². The first-order valence-electron chi connectivity index (χ1n) is 7.38. The maximum Gasteiger partial charge on any atom is 0.335 e. The monoisotopic (exact) mass is 306 g/mol. The molecule has 0 amide bonds. The van der Waals surface area contributed by atoms with Crippen LogP contribution in [0.2, 0.25) is 0 Å². The van der Waals surface area contributed by atoms with E-state index in [0.717, 1.165) is 48.4 Å². The molecule has 1 heterocycles. The molecule has 0 fully saturated rings. The maximum atomic E-state index is 11.2. The Kier molecular flexibility index (Phi) is 5.67. The van der Waals surface area contributed by atoms with Crippen molar-refractivity contribution < 1.29 is 9.90 Å². The van der Waals surface area contributed by atoms with Gasteiger partial charge in [-0.05, 0) is 49.5 Å². The molecule has 0 aliphatic heterocycles. The molecule has 1 aromatic heterocycles. The fraction of sp³-hybridized carbons (Fsp3) is 0.500. The lowest BCUT2D eigenvalue weighted by molar-refractivity contribution is 0.0697. The number of aromatic nitrogens is 2. The summed E-state index contributed by atoms with van der Waals surface area (Å²) in [4.78, 5) is 15.8. The third-order valence-electron chi connectivity index (χ3n) is 3.53. The van der Waals surface area contributed by atoms with Crippen molar-refractivity contribution in [3.63, 3.8) is 0 Å². The molecule has 4 nitrogen and oxygen atoms in total. The van der Waals surface area contributed by atoms with E-state index in [9.17, 15) is 4.79 Å². The van der Waals surface area contributed by atoms with Gasteiger partial charge >= 0.3 is 5.97 Å². The summed E-state index contributed by atoms with van der Waals surface area (Å²) in [6, 6.07) is 5.19. The largest absolute Gasteiger partial charge is 0.478 e. The van der Waals surface area contributed by atoms with Crippen LogP contribution in [-0.2, 0) is 13.0 Å². The van der Waals surface area contributed by atoms with E-state index in [-0.39, 0.29) is 0 Å². The first-order chi connectivity index (χ1) is 10.2. The minimum absolute atomic E-state index is 0.329. The summed E-state index contributed by atoms with van der Waals surface area (Å²) in [5.74, 6) is 1.35. The number of benzene rings is 1. The molecule has 0 atom stereocenters. The lowest BCUT2D eigenvalue weighted by Crippen LogP contribution is -2.05. The second-order valence-corrected chi connectivity index (χ2v) is 6.12. The van der Waals surface area contributed by atoms with Gasteiger partial charge < -0.3 is 9.67 Å². The summed E-state index contributed by atoms with van der Waals surface area (Å²) in [5, 5.41) is 9.16. The number of nitrogens with zero attached hydrogens (tertiary/aromatic N) is 2. The van der Waals surface area contributed by atoms with E-state index in [1.165, 1.54) is 6.42 Å². The number of unbranched alkanes of at least 4 members (excludes halogenated alkanes) is 1. The van der Waals surface area contributed by atoms with Crippen LogP contribution in [0, 0.1) is 0 Å². The molecule has 0 spiro atoms. The highest BCUT2D eigenvalue weighted by Gasteiger charge is 2.12. The van der Waals surface area contributed by atoms with Crippen LogP contribution >= 0.6 is 11.8 Å². The smallest absolute Gasteiger partial charge is 0.335 e. The third kappa shape index (κ3) is 3.79. The van der Waals surface area contributed by atoms with Gasteiger partial charge in [-0.15, -0.1) is 0 Å². The number of carboxylic acid groups (broad SMARTS) is 1. The first kappa shape index (κ1) is 15.9. The Morgan fingerprint density at radius 2 is 2.19 bits per heavy atom. The number of rotatable bonds is 8. The Bertz CT molecular complexity index is 622. The molecule has 0 radical (unpaired) electrons. The SMILES string of the molecule is CCCc1nc2ccc(C(=O)O)cc2n1CCCCSC. The molecule has 0 saturated heterocycles. The summed E-state index contributed by atoms with van der Waals surface area (Å²) in [7, 11) is 0. The number of aromatic carboxylic acids is 1. The van der Waals surface area contributed by atoms with Crippen molar-refractivity contribution in [2.75, 3.05) is 12.0 Å². The van der Waals surface area contributed by atoms with Crippen molar-refractivity contribution in [1.29, 1.82) is 0 Å². The zero-order chi connectivity index (χ0) is 15.2. The predicted molar refractivity (Wildman–Crippen MR) is 88.3 cm³/mol. The molecule has 0 bridgehead atoms. The molecular formula is C16H22N2O2S. The summed E-state index contributed by atoms with van der Waals surface area (Å²) >= 11 is 1.86. The molecule has 0 aliphatic carbocycles. The van der Waals surface area contributed by atoms with Crippen molar-refractivity contribution in [2.24, 2.45) is 0 Å². The zero-order valence-electron chi connectivity index (χ0n) is 12.6. The molecule has 2 aromatic rings. The van der Waals surface area contributed by atoms with Crippen molar-refractivity contribution in [1.82, 2.24) is 9.55 Å². The molecule has 1 N–H and O–H groups in total. The van der Waals surface area contributed by atoms with Crippen molar-refractivity contribution in [2.45, 2.75) is 39.2 Å². The average molecular weight is 306 g/mol. The van der Waals surface area contributed by atoms with Gasteiger partial charge in [0, 0.05) is 13.0 Å². The Morgan fingerprint density at radius 3 is 2.86 bits per heavy atom. The number of carboxylic acids is 1. The van der Waals surface area contributed by atoms with Gasteiger partial charge in [0.1, 0.15) is 5.82 Å². The molecule has 1 aromatic carbocycles. The van der Waals surface area contributed by atoms with E-state index < -0.39 is 5.97 Å². The van der Waals surface area contributed by atoms with E-state index in [1.54, 1.807) is 12.1 Å². The fourth-order valence-electron chi connectivity index (χ4n) is 2.49. The molecular weight excluding hydrogens is 284 g/mol. The van der Waals surface area contributed by atoms with Crippen LogP contribution in [0.15, 0.2) is 18.2 Å². The summed E-state index contributed by atoms with van der Waals surface area (Å²) in [5.41, 5.74) is 2.17. The number of fused-ring (bicyclic) bond motifs is 1. The topological polar surface area (TPSA) is 55.1 Å². The number of carbonyl (C=O) groups is 1. The quantitative estimate of drug-likeness (QED) is 0.753. The van der Waals surface area contributed by atoms with Crippen LogP contribution in [0.5, 0.6) is 0 Å². The highest BCUT2D eigenvalue weighted by atomic mass is 32.2. The number of hydrogen-bond acceptors (Lipinski definition) is 3. The Labute approximate surface area is 129 Å². The summed E-state index contributed by atoms with van der Waals surface area (Å²) in [6.07, 6.45) is 6.36. The summed E-state index contributed by atoms with van der Waals surface area (Å²) in [6.45, 7) is 3.05. The van der Waals surface area contributed by atoms with Crippen LogP contribution in [0.25, 0.3) is 11.0 Å². The van der Waals surface area contributed by atoms with Gasteiger partial charge in [-0.25, -0.2) is 9.78 Å². The number of thioether (sulfide) groups is 1. The first-order valence-corrected chi connectivity index (χ1v) is 8.78. The van der Waals surface area contributed by atoms with Gasteiger partial charge in [-0.3, -0.25) is 0 Å². The maximum absolute atomic E-state index is 11.2. The van der Waals surface area contributed by atoms with E-state index >= 15 is 0 Å². The lowest BCUT2D eigenvalue weighted by atomic mass is 10.2. The Balaban J connectivity index is 2.34. The molecule has 21 heavy (non-hydrogen) atoms. The predicted octanol–water partition coefficient (Wildman–Crippen LogP) is 3.83. The molecule has 114 valence electrons. The van der Waals surface area contributed by atoms with Gasteiger partial charge in [0.05, 0.1) is 16.6 Å². The standard InChI is InChI=1S/C16H22N2O2S/c1-3-6-15-17-13-8-7-12(16(19)20)11-14(13)18(15)9-4-5-10-21-2/h7-8,11H,3-6,9-10H2,1-2H3,(H,19,20). The Morgan fingerprint density at radius 1 is 1.38 bits per heavy atom. The van der Waals surface area contributed by atoms with Crippen LogP contribution in [-0.4, -0.2) is 32.6 Å². The van der Waals surface area contributed by atoms with Crippen LogP contribution in [0.1, 0.15) is 42.4 Å². The summed E-state index contributed by atoms with van der Waals surface area (Å²) < 4.78 is 2.20. The average Bonchev–Trinajstić information content (AvgIpc) is 2.81. The normalized spacial score (nSPS) is 11.1. The molecule has 0 unspecified atom stereocenters. The van der Waals surface area contributed by atoms with Gasteiger partial charge in [0.25, 0.3) is 0 Å². The number of imidazole rings is 1. The highest BCUT2D eigenvalue weighted by Crippen LogP contribution is 2.20.